The van der Waals surface area contributed by atoms with Gasteiger partial charge in [0, 0.05) is 11.3 Å². The van der Waals surface area contributed by atoms with Gasteiger partial charge < -0.3 is 19.0 Å². The van der Waals surface area contributed by atoms with Crippen LogP contribution >= 0.6 is 0 Å². The van der Waals surface area contributed by atoms with Crippen molar-refractivity contribution in [2.45, 2.75) is 123 Å². The molecule has 4 rings (SSSR count). The van der Waals surface area contributed by atoms with Gasteiger partial charge in [-0.3, -0.25) is 0 Å². The number of rotatable bonds is 4. The van der Waals surface area contributed by atoms with E-state index in [0.717, 1.165) is 12.8 Å². The van der Waals surface area contributed by atoms with Crippen molar-refractivity contribution in [3.63, 3.8) is 0 Å². The van der Waals surface area contributed by atoms with E-state index in [1.165, 1.54) is 32.1 Å². The van der Waals surface area contributed by atoms with Gasteiger partial charge in [-0.15, -0.1) is 0 Å². The molecule has 194 valence electrons. The fourth-order valence-corrected chi connectivity index (χ4v) is 8.83. The van der Waals surface area contributed by atoms with E-state index in [0.29, 0.717) is 31.0 Å². The van der Waals surface area contributed by atoms with E-state index < -0.39 is 14.1 Å². The van der Waals surface area contributed by atoms with Crippen LogP contribution in [0.15, 0.2) is 0 Å². The van der Waals surface area contributed by atoms with Gasteiger partial charge in [0.2, 0.25) is 0 Å². The molecule has 0 amide bonds. The van der Waals surface area contributed by atoms with E-state index in [-0.39, 0.29) is 34.5 Å². The van der Waals surface area contributed by atoms with Crippen LogP contribution in [-0.4, -0.2) is 44.6 Å². The highest BCUT2D eigenvalue weighted by Crippen LogP contribution is 2.72. The molecule has 0 aromatic carbocycles. The summed E-state index contributed by atoms with van der Waals surface area (Å²) in [5, 5.41) is 11.4. The minimum Gasteiger partial charge on any atom is -0.403 e. The molecule has 6 atom stereocenters. The van der Waals surface area contributed by atoms with Crippen LogP contribution in [0.1, 0.15) is 86.5 Å². The molecule has 1 N–H and O–H groups in total. The van der Waals surface area contributed by atoms with Gasteiger partial charge in [-0.05, 0) is 61.6 Å². The Hall–Kier alpha value is -0.383. The Bertz CT molecular complexity index is 778. The summed E-state index contributed by atoms with van der Waals surface area (Å²) in [6.07, 6.45) is 7.63. The number of ether oxygens (including phenoxy) is 2. The predicted octanol–water partition coefficient (Wildman–Crippen LogP) is 6.38. The van der Waals surface area contributed by atoms with Crippen molar-refractivity contribution in [1.82, 2.24) is 0 Å². The zero-order valence-corrected chi connectivity index (χ0v) is 24.1. The third kappa shape index (κ3) is 4.14. The summed E-state index contributed by atoms with van der Waals surface area (Å²) in [4.78, 5) is 0. The second kappa shape index (κ2) is 9.49. The van der Waals surface area contributed by atoms with Gasteiger partial charge in [-0.25, -0.2) is 0 Å². The monoisotopic (exact) mass is 490 g/mol. The lowest BCUT2D eigenvalue weighted by atomic mass is 9.38. The van der Waals surface area contributed by atoms with E-state index >= 15 is 0 Å². The normalized spacial score (nSPS) is 37.1. The molecule has 1 heterocycles. The van der Waals surface area contributed by atoms with Crippen LogP contribution in [0.3, 0.4) is 0 Å². The second-order valence-corrected chi connectivity index (χ2v) is 18.2. The fraction of sp³-hybridized carbons (Fsp3) is 0.931. The average molecular weight is 491 g/mol. The molecular formula is C29H50O4Si. The summed E-state index contributed by atoms with van der Waals surface area (Å²) < 4.78 is 19.7. The lowest BCUT2D eigenvalue weighted by molar-refractivity contribution is -0.398. The third-order valence-electron chi connectivity index (χ3n) is 10.5. The lowest BCUT2D eigenvalue weighted by Gasteiger charge is -2.71. The molecule has 4 aliphatic rings. The van der Waals surface area contributed by atoms with Crippen LogP contribution in [-0.2, 0) is 13.9 Å². The van der Waals surface area contributed by atoms with Crippen molar-refractivity contribution < 1.29 is 19.0 Å². The first-order valence-electron chi connectivity index (χ1n) is 14.0. The van der Waals surface area contributed by atoms with Crippen LogP contribution in [0.5, 0.6) is 0 Å². The SMILES string of the molecule is CC1[C@H]2[C@H](C#C[C@@H](O[Si](C)(C)C(C)(C)C)C3CCCCC3)[C@@H](O)CC[C@@]2(C(C)C)C12OCCO2. The minimum absolute atomic E-state index is 0.0212. The van der Waals surface area contributed by atoms with E-state index in [4.69, 9.17) is 13.9 Å². The standard InChI is InChI=1S/C29H50O4Si/c1-20(2)28-17-16-24(30)23(26(28)21(3)29(28)31-18-19-32-29)14-15-25(22-12-10-9-11-13-22)33-34(7,8)27(4,5)6/h20-26,30H,9-13,16-19H2,1-8H3/t21?,23-,24+,25-,26+,28+/m1/s1. The summed E-state index contributed by atoms with van der Waals surface area (Å²) in [6.45, 7) is 19.8. The van der Waals surface area contributed by atoms with Crippen molar-refractivity contribution >= 4 is 8.32 Å². The molecule has 3 saturated carbocycles. The van der Waals surface area contributed by atoms with Crippen molar-refractivity contribution in [3.05, 3.63) is 0 Å². The highest BCUT2D eigenvalue weighted by Gasteiger charge is 2.77. The fourth-order valence-electron chi connectivity index (χ4n) is 7.60. The number of fused-ring (bicyclic) bond motifs is 2. The Labute approximate surface area is 210 Å². The molecule has 1 aliphatic heterocycles. The van der Waals surface area contributed by atoms with E-state index in [2.05, 4.69) is 66.5 Å². The molecule has 0 radical (unpaired) electrons. The maximum atomic E-state index is 11.2. The molecule has 1 spiro atoms. The summed E-state index contributed by atoms with van der Waals surface area (Å²) in [5.74, 6) is 8.28. The smallest absolute Gasteiger partial charge is 0.193 e. The van der Waals surface area contributed by atoms with Gasteiger partial charge >= 0.3 is 0 Å². The minimum atomic E-state index is -1.95. The molecule has 4 fully saturated rings. The molecule has 0 bridgehead atoms. The molecule has 34 heavy (non-hydrogen) atoms. The van der Waals surface area contributed by atoms with Crippen LogP contribution in [0.25, 0.3) is 0 Å². The van der Waals surface area contributed by atoms with Gasteiger partial charge in [0.05, 0.1) is 25.2 Å². The largest absolute Gasteiger partial charge is 0.403 e. The van der Waals surface area contributed by atoms with Crippen molar-refractivity contribution in [1.29, 1.82) is 0 Å². The Kier molecular flexibility index (Phi) is 7.44. The van der Waals surface area contributed by atoms with Crippen molar-refractivity contribution in [2.75, 3.05) is 13.2 Å². The van der Waals surface area contributed by atoms with Crippen molar-refractivity contribution in [3.8, 4) is 11.8 Å². The van der Waals surface area contributed by atoms with Gasteiger partial charge in [0.1, 0.15) is 6.10 Å². The van der Waals surface area contributed by atoms with Crippen molar-refractivity contribution in [2.24, 2.45) is 35.0 Å². The molecule has 0 aromatic rings. The number of aliphatic hydroxyl groups excluding tert-OH is 1. The Balaban J connectivity index is 1.65. The summed E-state index contributed by atoms with van der Waals surface area (Å²) in [7, 11) is -1.95. The van der Waals surface area contributed by atoms with Gasteiger partial charge in [-0.2, -0.15) is 0 Å². The molecule has 1 saturated heterocycles. The number of hydrogen-bond acceptors (Lipinski definition) is 4. The third-order valence-corrected chi connectivity index (χ3v) is 14.9. The van der Waals surface area contributed by atoms with Gasteiger partial charge in [-0.1, -0.05) is 72.6 Å². The average Bonchev–Trinajstić information content (AvgIpc) is 3.29. The first-order valence-corrected chi connectivity index (χ1v) is 16.9. The van der Waals surface area contributed by atoms with E-state index in [1.54, 1.807) is 0 Å². The maximum Gasteiger partial charge on any atom is 0.193 e. The van der Waals surface area contributed by atoms with E-state index in [1.807, 2.05) is 0 Å². The molecule has 1 unspecified atom stereocenters. The highest BCUT2D eigenvalue weighted by atomic mass is 28.4. The zero-order valence-electron chi connectivity index (χ0n) is 23.1. The van der Waals surface area contributed by atoms with Crippen LogP contribution in [0.2, 0.25) is 18.1 Å². The zero-order chi connectivity index (χ0) is 24.9. The van der Waals surface area contributed by atoms with Gasteiger partial charge in [0.15, 0.2) is 14.1 Å². The molecular weight excluding hydrogens is 440 g/mol. The quantitative estimate of drug-likeness (QED) is 0.367. The maximum absolute atomic E-state index is 11.2. The van der Waals surface area contributed by atoms with Crippen LogP contribution in [0.4, 0.5) is 0 Å². The molecule has 5 heteroatoms. The van der Waals surface area contributed by atoms with Gasteiger partial charge in [0.25, 0.3) is 0 Å². The Morgan fingerprint density at radius 3 is 2.21 bits per heavy atom. The Morgan fingerprint density at radius 2 is 1.65 bits per heavy atom. The van der Waals surface area contributed by atoms with E-state index in [9.17, 15) is 5.11 Å². The Morgan fingerprint density at radius 1 is 1.03 bits per heavy atom. The number of hydrogen-bond donors (Lipinski definition) is 1. The molecule has 0 aromatic heterocycles. The topological polar surface area (TPSA) is 47.9 Å². The number of aliphatic hydroxyl groups is 1. The first-order chi connectivity index (χ1) is 15.9. The molecule has 4 nitrogen and oxygen atoms in total. The van der Waals surface area contributed by atoms with Crippen LogP contribution in [0, 0.1) is 46.8 Å². The lowest BCUT2D eigenvalue weighted by Crippen LogP contribution is -2.76. The highest BCUT2D eigenvalue weighted by molar-refractivity contribution is 6.74. The first kappa shape index (κ1) is 26.7. The molecule has 3 aliphatic carbocycles. The van der Waals surface area contributed by atoms with Crippen LogP contribution < -0.4 is 0 Å². The second-order valence-electron chi connectivity index (χ2n) is 13.5. The summed E-state index contributed by atoms with van der Waals surface area (Å²) >= 11 is 0. The summed E-state index contributed by atoms with van der Waals surface area (Å²) in [5.41, 5.74) is -0.0673. The predicted molar refractivity (Wildman–Crippen MR) is 140 cm³/mol. The summed E-state index contributed by atoms with van der Waals surface area (Å²) in [6, 6.07) is 0.